The minimum absolute atomic E-state index is 0.301. The SMILES string of the molecule is COc1ccccc1NC(=O)c1conc1-c1ccccc1. The van der Waals surface area contributed by atoms with Crippen LogP contribution >= 0.6 is 0 Å². The Morgan fingerprint density at radius 1 is 1.09 bits per heavy atom. The Morgan fingerprint density at radius 2 is 1.82 bits per heavy atom. The second kappa shape index (κ2) is 6.13. The number of nitrogens with zero attached hydrogens (tertiary/aromatic N) is 1. The molecule has 22 heavy (non-hydrogen) atoms. The second-order valence-corrected chi connectivity index (χ2v) is 4.60. The summed E-state index contributed by atoms with van der Waals surface area (Å²) in [6, 6.07) is 16.6. The molecule has 5 nitrogen and oxygen atoms in total. The third-order valence-corrected chi connectivity index (χ3v) is 3.22. The summed E-state index contributed by atoms with van der Waals surface area (Å²) in [6.07, 6.45) is 1.34. The van der Waals surface area contributed by atoms with Crippen molar-refractivity contribution in [3.8, 4) is 17.0 Å². The highest BCUT2D eigenvalue weighted by atomic mass is 16.5. The first-order valence-electron chi connectivity index (χ1n) is 6.74. The van der Waals surface area contributed by atoms with E-state index in [-0.39, 0.29) is 5.91 Å². The quantitative estimate of drug-likeness (QED) is 0.798. The zero-order valence-corrected chi connectivity index (χ0v) is 11.9. The van der Waals surface area contributed by atoms with Crippen LogP contribution in [-0.4, -0.2) is 18.2 Å². The smallest absolute Gasteiger partial charge is 0.261 e. The molecule has 0 radical (unpaired) electrons. The fraction of sp³-hybridized carbons (Fsp3) is 0.0588. The van der Waals surface area contributed by atoms with Crippen LogP contribution in [-0.2, 0) is 0 Å². The Balaban J connectivity index is 1.90. The number of hydrogen-bond acceptors (Lipinski definition) is 4. The summed E-state index contributed by atoms with van der Waals surface area (Å²) < 4.78 is 10.2. The van der Waals surface area contributed by atoms with Crippen molar-refractivity contribution in [3.63, 3.8) is 0 Å². The summed E-state index contributed by atoms with van der Waals surface area (Å²) in [6.45, 7) is 0. The van der Waals surface area contributed by atoms with Crippen LogP contribution in [0.5, 0.6) is 5.75 Å². The van der Waals surface area contributed by atoms with Gasteiger partial charge in [-0.15, -0.1) is 0 Å². The van der Waals surface area contributed by atoms with E-state index < -0.39 is 0 Å². The lowest BCUT2D eigenvalue weighted by atomic mass is 10.1. The lowest BCUT2D eigenvalue weighted by molar-refractivity contribution is 0.102. The van der Waals surface area contributed by atoms with Crippen molar-refractivity contribution < 1.29 is 14.1 Å². The van der Waals surface area contributed by atoms with Gasteiger partial charge in [0.05, 0.1) is 12.8 Å². The maximum Gasteiger partial charge on any atom is 0.261 e. The third-order valence-electron chi connectivity index (χ3n) is 3.22. The van der Waals surface area contributed by atoms with Crippen LogP contribution in [0.2, 0.25) is 0 Å². The molecule has 0 spiro atoms. The fourth-order valence-corrected chi connectivity index (χ4v) is 2.14. The summed E-state index contributed by atoms with van der Waals surface area (Å²) in [5.41, 5.74) is 2.29. The van der Waals surface area contributed by atoms with Crippen molar-refractivity contribution in [2.45, 2.75) is 0 Å². The van der Waals surface area contributed by atoms with E-state index in [0.717, 1.165) is 5.56 Å². The number of hydrogen-bond donors (Lipinski definition) is 1. The maximum atomic E-state index is 12.5. The van der Waals surface area contributed by atoms with Crippen LogP contribution in [0.4, 0.5) is 5.69 Å². The van der Waals surface area contributed by atoms with Gasteiger partial charge in [-0.1, -0.05) is 47.6 Å². The van der Waals surface area contributed by atoms with Gasteiger partial charge in [-0.3, -0.25) is 4.79 Å². The summed E-state index contributed by atoms with van der Waals surface area (Å²) in [5.74, 6) is 0.290. The van der Waals surface area contributed by atoms with Gasteiger partial charge in [-0.25, -0.2) is 0 Å². The number of anilines is 1. The Bertz CT molecular complexity index is 781. The lowest BCUT2D eigenvalue weighted by Gasteiger charge is -2.09. The number of amides is 1. The number of carbonyl (C=O) groups excluding carboxylic acids is 1. The zero-order valence-electron chi connectivity index (χ0n) is 11.9. The predicted octanol–water partition coefficient (Wildman–Crippen LogP) is 3.60. The van der Waals surface area contributed by atoms with Crippen molar-refractivity contribution in [2.24, 2.45) is 0 Å². The van der Waals surface area contributed by atoms with Crippen LogP contribution in [0.15, 0.2) is 65.4 Å². The minimum atomic E-state index is -0.301. The first kappa shape index (κ1) is 13.9. The van der Waals surface area contributed by atoms with Crippen LogP contribution < -0.4 is 10.1 Å². The maximum absolute atomic E-state index is 12.5. The summed E-state index contributed by atoms with van der Waals surface area (Å²) in [7, 11) is 1.56. The molecule has 3 rings (SSSR count). The molecule has 0 aliphatic rings. The summed E-state index contributed by atoms with van der Waals surface area (Å²) in [5, 5.41) is 6.73. The molecule has 0 fully saturated rings. The van der Waals surface area contributed by atoms with Crippen LogP contribution in [0.1, 0.15) is 10.4 Å². The highest BCUT2D eigenvalue weighted by molar-refractivity contribution is 6.08. The first-order chi connectivity index (χ1) is 10.8. The molecule has 0 atom stereocenters. The molecule has 1 N–H and O–H groups in total. The van der Waals surface area contributed by atoms with E-state index in [1.807, 2.05) is 42.5 Å². The van der Waals surface area contributed by atoms with Crippen LogP contribution in [0.25, 0.3) is 11.3 Å². The number of nitrogens with one attached hydrogen (secondary N) is 1. The monoisotopic (exact) mass is 294 g/mol. The molecule has 1 aromatic heterocycles. The molecule has 0 unspecified atom stereocenters. The van der Waals surface area contributed by atoms with Gasteiger partial charge in [-0.2, -0.15) is 0 Å². The van der Waals surface area contributed by atoms with Crippen molar-refractivity contribution in [2.75, 3.05) is 12.4 Å². The van der Waals surface area contributed by atoms with Crippen LogP contribution in [0.3, 0.4) is 0 Å². The van der Waals surface area contributed by atoms with E-state index >= 15 is 0 Å². The number of aromatic nitrogens is 1. The number of methoxy groups -OCH3 is 1. The van der Waals surface area contributed by atoms with Gasteiger partial charge in [-0.05, 0) is 12.1 Å². The number of para-hydroxylation sites is 2. The minimum Gasteiger partial charge on any atom is -0.495 e. The highest BCUT2D eigenvalue weighted by Crippen LogP contribution is 2.26. The van der Waals surface area contributed by atoms with E-state index in [2.05, 4.69) is 10.5 Å². The zero-order chi connectivity index (χ0) is 15.4. The fourth-order valence-electron chi connectivity index (χ4n) is 2.14. The molecule has 0 bridgehead atoms. The van der Waals surface area contributed by atoms with E-state index in [4.69, 9.17) is 9.26 Å². The Morgan fingerprint density at radius 3 is 2.59 bits per heavy atom. The molecule has 3 aromatic rings. The van der Waals surface area contributed by atoms with Crippen molar-refractivity contribution in [1.82, 2.24) is 5.16 Å². The molecule has 2 aromatic carbocycles. The van der Waals surface area contributed by atoms with Gasteiger partial charge in [0.2, 0.25) is 0 Å². The van der Waals surface area contributed by atoms with E-state index in [0.29, 0.717) is 22.7 Å². The van der Waals surface area contributed by atoms with Gasteiger partial charge in [0, 0.05) is 5.56 Å². The largest absolute Gasteiger partial charge is 0.495 e. The van der Waals surface area contributed by atoms with Gasteiger partial charge >= 0.3 is 0 Å². The standard InChI is InChI=1S/C17H14N2O3/c1-21-15-10-6-5-9-14(15)18-17(20)13-11-22-19-16(13)12-7-3-2-4-8-12/h2-11H,1H3,(H,18,20). The van der Waals surface area contributed by atoms with E-state index in [1.165, 1.54) is 6.26 Å². The molecule has 0 saturated carbocycles. The molecule has 0 aliphatic heterocycles. The normalized spacial score (nSPS) is 10.2. The van der Waals surface area contributed by atoms with Gasteiger partial charge < -0.3 is 14.6 Å². The van der Waals surface area contributed by atoms with Crippen LogP contribution in [0, 0.1) is 0 Å². The molecule has 0 aliphatic carbocycles. The van der Waals surface area contributed by atoms with Gasteiger partial charge in [0.1, 0.15) is 23.3 Å². The van der Waals surface area contributed by atoms with E-state index in [1.54, 1.807) is 19.2 Å². The Hall–Kier alpha value is -3.08. The Kier molecular flexibility index (Phi) is 3.87. The topological polar surface area (TPSA) is 64.4 Å². The molecule has 5 heteroatoms. The average molecular weight is 294 g/mol. The number of rotatable bonds is 4. The molecular formula is C17H14N2O3. The molecule has 110 valence electrons. The molecular weight excluding hydrogens is 280 g/mol. The average Bonchev–Trinajstić information content (AvgIpc) is 3.06. The van der Waals surface area contributed by atoms with Crippen molar-refractivity contribution in [3.05, 3.63) is 66.4 Å². The molecule has 0 saturated heterocycles. The molecule has 1 heterocycles. The summed E-state index contributed by atoms with van der Waals surface area (Å²) in [4.78, 5) is 12.5. The predicted molar refractivity (Wildman–Crippen MR) is 82.9 cm³/mol. The first-order valence-corrected chi connectivity index (χ1v) is 6.74. The number of ether oxygens (including phenoxy) is 1. The Labute approximate surface area is 127 Å². The second-order valence-electron chi connectivity index (χ2n) is 4.60. The van der Waals surface area contributed by atoms with Crippen molar-refractivity contribution >= 4 is 11.6 Å². The third kappa shape index (κ3) is 2.69. The van der Waals surface area contributed by atoms with Gasteiger partial charge in [0.25, 0.3) is 5.91 Å². The molecule has 1 amide bonds. The van der Waals surface area contributed by atoms with E-state index in [9.17, 15) is 4.79 Å². The number of benzene rings is 2. The summed E-state index contributed by atoms with van der Waals surface area (Å²) >= 11 is 0. The number of carbonyl (C=O) groups is 1. The lowest BCUT2D eigenvalue weighted by Crippen LogP contribution is -2.12. The highest BCUT2D eigenvalue weighted by Gasteiger charge is 2.18. The van der Waals surface area contributed by atoms with Gasteiger partial charge in [0.15, 0.2) is 0 Å². The van der Waals surface area contributed by atoms with Crippen molar-refractivity contribution in [1.29, 1.82) is 0 Å².